The van der Waals surface area contributed by atoms with Gasteiger partial charge in [0, 0.05) is 30.0 Å². The van der Waals surface area contributed by atoms with Crippen molar-refractivity contribution < 1.29 is 14.7 Å². The maximum absolute atomic E-state index is 12.5. The minimum Gasteiger partial charge on any atom is -0.465 e. The van der Waals surface area contributed by atoms with Gasteiger partial charge in [0.1, 0.15) is 11.3 Å². The zero-order valence-electron chi connectivity index (χ0n) is 15.5. The van der Waals surface area contributed by atoms with Gasteiger partial charge in [-0.15, -0.1) is 0 Å². The Morgan fingerprint density at radius 2 is 1.92 bits per heavy atom. The van der Waals surface area contributed by atoms with Crippen LogP contribution in [0.1, 0.15) is 56.9 Å². The number of carbonyl (C=O) groups is 2. The van der Waals surface area contributed by atoms with Crippen molar-refractivity contribution in [1.82, 2.24) is 19.6 Å². The average Bonchev–Trinajstić information content (AvgIpc) is 2.99. The number of rotatable bonds is 3. The first-order valence-corrected chi connectivity index (χ1v) is 9.02. The maximum atomic E-state index is 12.5. The van der Waals surface area contributed by atoms with Crippen LogP contribution in [0.5, 0.6) is 0 Å². The molecule has 2 heterocycles. The molecule has 0 bridgehead atoms. The Kier molecular flexibility index (Phi) is 4.89. The number of hydrogen-bond acceptors (Lipinski definition) is 3. The SMILES string of the molecule is CC(C)(C)N(C(=O)O)C1CCC(NC(=O)c2cn3ccccc3n2)CC1. The van der Waals surface area contributed by atoms with E-state index in [9.17, 15) is 14.7 Å². The van der Waals surface area contributed by atoms with Gasteiger partial charge in [0.05, 0.1) is 0 Å². The average molecular weight is 358 g/mol. The predicted octanol–water partition coefficient (Wildman–Crippen LogP) is 3.15. The molecular formula is C19H26N4O3. The van der Waals surface area contributed by atoms with Crippen LogP contribution in [0.15, 0.2) is 30.6 Å². The first-order valence-electron chi connectivity index (χ1n) is 9.02. The van der Waals surface area contributed by atoms with Crippen LogP contribution in [0.25, 0.3) is 5.65 Å². The summed E-state index contributed by atoms with van der Waals surface area (Å²) in [6.45, 7) is 5.75. The van der Waals surface area contributed by atoms with Crippen molar-refractivity contribution >= 4 is 17.6 Å². The summed E-state index contributed by atoms with van der Waals surface area (Å²) in [4.78, 5) is 30.0. The summed E-state index contributed by atoms with van der Waals surface area (Å²) in [5, 5.41) is 12.6. The fraction of sp³-hybridized carbons (Fsp3) is 0.526. The molecule has 0 saturated heterocycles. The summed E-state index contributed by atoms with van der Waals surface area (Å²) < 4.78 is 1.82. The highest BCUT2D eigenvalue weighted by Crippen LogP contribution is 2.28. The maximum Gasteiger partial charge on any atom is 0.407 e. The van der Waals surface area contributed by atoms with Crippen LogP contribution in [0.4, 0.5) is 4.79 Å². The van der Waals surface area contributed by atoms with Crippen LogP contribution < -0.4 is 5.32 Å². The topological polar surface area (TPSA) is 86.9 Å². The normalized spacial score (nSPS) is 20.7. The minimum atomic E-state index is -0.880. The van der Waals surface area contributed by atoms with E-state index in [-0.39, 0.29) is 18.0 Å². The molecule has 0 unspecified atom stereocenters. The fourth-order valence-corrected chi connectivity index (χ4v) is 3.77. The third-order valence-corrected chi connectivity index (χ3v) is 4.92. The van der Waals surface area contributed by atoms with E-state index in [0.29, 0.717) is 5.69 Å². The Bertz CT molecular complexity index is 767. The van der Waals surface area contributed by atoms with E-state index in [1.807, 2.05) is 49.6 Å². The highest BCUT2D eigenvalue weighted by Gasteiger charge is 2.35. The lowest BCUT2D eigenvalue weighted by Crippen LogP contribution is -2.53. The number of carboxylic acid groups (broad SMARTS) is 1. The Labute approximate surface area is 153 Å². The van der Waals surface area contributed by atoms with Crippen molar-refractivity contribution in [3.63, 3.8) is 0 Å². The molecule has 2 N–H and O–H groups in total. The summed E-state index contributed by atoms with van der Waals surface area (Å²) in [6, 6.07) is 5.68. The molecule has 1 fully saturated rings. The van der Waals surface area contributed by atoms with Gasteiger partial charge in [0.15, 0.2) is 0 Å². The molecule has 0 radical (unpaired) electrons. The van der Waals surface area contributed by atoms with Crippen LogP contribution >= 0.6 is 0 Å². The van der Waals surface area contributed by atoms with Gasteiger partial charge in [0.25, 0.3) is 5.91 Å². The molecule has 140 valence electrons. The summed E-state index contributed by atoms with van der Waals surface area (Å²) in [5.74, 6) is -0.178. The van der Waals surface area contributed by atoms with Crippen molar-refractivity contribution in [3.8, 4) is 0 Å². The molecule has 7 heteroatoms. The summed E-state index contributed by atoms with van der Waals surface area (Å²) in [5.41, 5.74) is 0.715. The second-order valence-electron chi connectivity index (χ2n) is 7.89. The quantitative estimate of drug-likeness (QED) is 0.882. The number of imidazole rings is 1. The van der Waals surface area contributed by atoms with E-state index in [0.717, 1.165) is 31.3 Å². The molecule has 1 saturated carbocycles. The number of carbonyl (C=O) groups excluding carboxylic acids is 1. The molecule has 1 aliphatic carbocycles. The highest BCUT2D eigenvalue weighted by atomic mass is 16.4. The Hall–Kier alpha value is -2.57. The van der Waals surface area contributed by atoms with Crippen LogP contribution in [0.2, 0.25) is 0 Å². The molecule has 3 rings (SSSR count). The first-order chi connectivity index (χ1) is 12.3. The van der Waals surface area contributed by atoms with Gasteiger partial charge in [-0.05, 0) is 58.6 Å². The van der Waals surface area contributed by atoms with E-state index in [1.165, 1.54) is 0 Å². The van der Waals surface area contributed by atoms with Gasteiger partial charge in [-0.1, -0.05) is 6.07 Å². The molecule has 2 amide bonds. The Morgan fingerprint density at radius 3 is 2.50 bits per heavy atom. The van der Waals surface area contributed by atoms with Crippen molar-refractivity contribution in [3.05, 3.63) is 36.3 Å². The monoisotopic (exact) mass is 358 g/mol. The standard InChI is InChI=1S/C19H26N4O3/c1-19(2,3)23(18(25)26)14-9-7-13(8-10-14)20-17(24)15-12-22-11-5-4-6-16(22)21-15/h4-6,11-14H,7-10H2,1-3H3,(H,20,24)(H,25,26). The third kappa shape index (κ3) is 3.81. The molecule has 0 aromatic carbocycles. The summed E-state index contributed by atoms with van der Waals surface area (Å²) in [6.07, 6.45) is 5.74. The Balaban J connectivity index is 1.60. The lowest BCUT2D eigenvalue weighted by Gasteiger charge is -2.42. The molecule has 0 atom stereocenters. The van der Waals surface area contributed by atoms with E-state index in [1.54, 1.807) is 11.1 Å². The number of aromatic nitrogens is 2. The number of nitrogens with one attached hydrogen (secondary N) is 1. The van der Waals surface area contributed by atoms with Crippen LogP contribution in [-0.4, -0.2) is 49.0 Å². The molecule has 1 aliphatic rings. The zero-order valence-corrected chi connectivity index (χ0v) is 15.5. The van der Waals surface area contributed by atoms with E-state index < -0.39 is 11.6 Å². The molecule has 2 aromatic heterocycles. The fourth-order valence-electron chi connectivity index (χ4n) is 3.77. The zero-order chi connectivity index (χ0) is 18.9. The lowest BCUT2D eigenvalue weighted by molar-refractivity contribution is 0.0519. The van der Waals surface area contributed by atoms with E-state index >= 15 is 0 Å². The number of hydrogen-bond donors (Lipinski definition) is 2. The molecular weight excluding hydrogens is 332 g/mol. The van der Waals surface area contributed by atoms with Gasteiger partial charge >= 0.3 is 6.09 Å². The van der Waals surface area contributed by atoms with Crippen molar-refractivity contribution in [2.45, 2.75) is 64.1 Å². The van der Waals surface area contributed by atoms with Crippen LogP contribution in [0.3, 0.4) is 0 Å². The molecule has 0 aliphatic heterocycles. The first kappa shape index (κ1) is 18.2. The van der Waals surface area contributed by atoms with Crippen LogP contribution in [0, 0.1) is 0 Å². The third-order valence-electron chi connectivity index (χ3n) is 4.92. The number of fused-ring (bicyclic) bond motifs is 1. The van der Waals surface area contributed by atoms with Gasteiger partial charge in [-0.3, -0.25) is 4.79 Å². The number of nitrogens with zero attached hydrogens (tertiary/aromatic N) is 3. The number of pyridine rings is 1. The predicted molar refractivity (Wildman–Crippen MR) is 98.3 cm³/mol. The molecule has 0 spiro atoms. The smallest absolute Gasteiger partial charge is 0.407 e. The van der Waals surface area contributed by atoms with Crippen molar-refractivity contribution in [2.24, 2.45) is 0 Å². The minimum absolute atomic E-state index is 0.00385. The van der Waals surface area contributed by atoms with E-state index in [4.69, 9.17) is 0 Å². The highest BCUT2D eigenvalue weighted by molar-refractivity contribution is 5.93. The molecule has 7 nitrogen and oxygen atoms in total. The Morgan fingerprint density at radius 1 is 1.23 bits per heavy atom. The molecule has 26 heavy (non-hydrogen) atoms. The van der Waals surface area contributed by atoms with Crippen molar-refractivity contribution in [2.75, 3.05) is 0 Å². The second kappa shape index (κ2) is 6.97. The molecule has 2 aromatic rings. The largest absolute Gasteiger partial charge is 0.465 e. The van der Waals surface area contributed by atoms with Crippen LogP contribution in [-0.2, 0) is 0 Å². The lowest BCUT2D eigenvalue weighted by atomic mass is 9.88. The van der Waals surface area contributed by atoms with Gasteiger partial charge in [0.2, 0.25) is 0 Å². The van der Waals surface area contributed by atoms with Gasteiger partial charge < -0.3 is 19.7 Å². The summed E-state index contributed by atoms with van der Waals surface area (Å²) in [7, 11) is 0. The number of amides is 2. The van der Waals surface area contributed by atoms with Crippen molar-refractivity contribution in [1.29, 1.82) is 0 Å². The van der Waals surface area contributed by atoms with Gasteiger partial charge in [-0.25, -0.2) is 9.78 Å². The van der Waals surface area contributed by atoms with Gasteiger partial charge in [-0.2, -0.15) is 0 Å². The summed E-state index contributed by atoms with van der Waals surface area (Å²) >= 11 is 0. The second-order valence-corrected chi connectivity index (χ2v) is 7.89. The van der Waals surface area contributed by atoms with E-state index in [2.05, 4.69) is 10.3 Å².